The van der Waals surface area contributed by atoms with Crippen LogP contribution in [-0.4, -0.2) is 58.4 Å². The van der Waals surface area contributed by atoms with Gasteiger partial charge in [-0.25, -0.2) is 13.1 Å². The molecule has 0 spiro atoms. The smallest absolute Gasteiger partial charge is 0.245 e. The third-order valence-corrected chi connectivity index (χ3v) is 5.78. The maximum atomic E-state index is 12.3. The highest BCUT2D eigenvalue weighted by atomic mass is 32.2. The lowest BCUT2D eigenvalue weighted by Gasteiger charge is -2.31. The first-order valence-corrected chi connectivity index (χ1v) is 9.06. The zero-order valence-electron chi connectivity index (χ0n) is 13.5. The summed E-state index contributed by atoms with van der Waals surface area (Å²) >= 11 is 0. The van der Waals surface area contributed by atoms with E-state index in [9.17, 15) is 8.42 Å². The van der Waals surface area contributed by atoms with Crippen LogP contribution in [0.2, 0.25) is 0 Å². The van der Waals surface area contributed by atoms with Crippen LogP contribution in [0.4, 0.5) is 0 Å². The van der Waals surface area contributed by atoms with E-state index in [0.717, 1.165) is 39.1 Å². The number of piperidine rings is 1. The van der Waals surface area contributed by atoms with Gasteiger partial charge in [-0.05, 0) is 45.7 Å². The van der Waals surface area contributed by atoms with Crippen LogP contribution in [0.1, 0.15) is 24.3 Å². The largest absolute Gasteiger partial charge is 0.383 e. The summed E-state index contributed by atoms with van der Waals surface area (Å²) in [5.41, 5.74) is 0.402. The molecule has 0 aliphatic carbocycles. The van der Waals surface area contributed by atoms with Crippen LogP contribution in [0.25, 0.3) is 0 Å². The molecular weight excluding hydrogens is 306 g/mol. The van der Waals surface area contributed by atoms with Gasteiger partial charge in [0.25, 0.3) is 0 Å². The summed E-state index contributed by atoms with van der Waals surface area (Å²) in [5, 5.41) is 3.70. The van der Waals surface area contributed by atoms with Gasteiger partial charge in [0.15, 0.2) is 5.76 Å². The van der Waals surface area contributed by atoms with Crippen LogP contribution in [0.15, 0.2) is 9.42 Å². The number of hydrogen-bond acceptors (Lipinski definition) is 6. The molecule has 0 saturated carbocycles. The fourth-order valence-electron chi connectivity index (χ4n) is 2.79. The zero-order valence-corrected chi connectivity index (χ0v) is 14.3. The first-order valence-electron chi connectivity index (χ1n) is 7.58. The third kappa shape index (κ3) is 4.28. The number of nitrogens with one attached hydrogen (secondary N) is 1. The number of likely N-dealkylation sites (tertiary alicyclic amines) is 1. The zero-order chi connectivity index (χ0) is 16.2. The summed E-state index contributed by atoms with van der Waals surface area (Å²) in [6, 6.07) is 0. The van der Waals surface area contributed by atoms with Gasteiger partial charge in [-0.2, -0.15) is 0 Å². The van der Waals surface area contributed by atoms with Gasteiger partial charge in [0.2, 0.25) is 10.0 Å². The predicted octanol–water partition coefficient (Wildman–Crippen LogP) is 0.928. The van der Waals surface area contributed by atoms with Crippen LogP contribution >= 0.6 is 0 Å². The Labute approximate surface area is 132 Å². The number of sulfonamides is 1. The molecule has 2 heterocycles. The molecule has 1 fully saturated rings. The number of nitrogens with zero attached hydrogens (tertiary/aromatic N) is 2. The van der Waals surface area contributed by atoms with Crippen LogP contribution in [0.5, 0.6) is 0 Å². The minimum atomic E-state index is -3.55. The van der Waals surface area contributed by atoms with Gasteiger partial charge < -0.3 is 14.2 Å². The molecule has 1 aliphatic heterocycles. The van der Waals surface area contributed by atoms with Crippen molar-refractivity contribution in [2.45, 2.75) is 31.6 Å². The van der Waals surface area contributed by atoms with Gasteiger partial charge in [-0.1, -0.05) is 5.16 Å². The molecule has 0 radical (unpaired) electrons. The maximum Gasteiger partial charge on any atom is 0.245 e. The molecule has 22 heavy (non-hydrogen) atoms. The molecule has 1 aliphatic rings. The van der Waals surface area contributed by atoms with Gasteiger partial charge in [-0.15, -0.1) is 0 Å². The molecule has 8 heteroatoms. The van der Waals surface area contributed by atoms with Crippen LogP contribution < -0.4 is 4.72 Å². The Morgan fingerprint density at radius 1 is 1.36 bits per heavy atom. The van der Waals surface area contributed by atoms with E-state index in [4.69, 9.17) is 9.26 Å². The number of methoxy groups -OCH3 is 1. The van der Waals surface area contributed by atoms with Gasteiger partial charge in [0.1, 0.15) is 10.6 Å². The number of aromatic nitrogens is 1. The highest BCUT2D eigenvalue weighted by molar-refractivity contribution is 7.89. The number of aryl methyl sites for hydroxylation is 2. The van der Waals surface area contributed by atoms with E-state index in [1.807, 2.05) is 0 Å². The summed E-state index contributed by atoms with van der Waals surface area (Å²) in [6.45, 7) is 7.37. The Balaban J connectivity index is 1.84. The van der Waals surface area contributed by atoms with Crippen molar-refractivity contribution < 1.29 is 17.7 Å². The molecule has 126 valence electrons. The van der Waals surface area contributed by atoms with Crippen molar-refractivity contribution in [3.05, 3.63) is 11.5 Å². The number of rotatable bonds is 7. The fourth-order valence-corrected chi connectivity index (χ4v) is 4.23. The Hall–Kier alpha value is -0.960. The van der Waals surface area contributed by atoms with E-state index in [2.05, 4.69) is 14.8 Å². The monoisotopic (exact) mass is 331 g/mol. The van der Waals surface area contributed by atoms with Crippen LogP contribution in [-0.2, 0) is 14.8 Å². The summed E-state index contributed by atoms with van der Waals surface area (Å²) in [4.78, 5) is 2.52. The molecule has 1 aromatic rings. The molecule has 0 unspecified atom stereocenters. The summed E-state index contributed by atoms with van der Waals surface area (Å²) in [6.07, 6.45) is 1.99. The Kier molecular flexibility index (Phi) is 5.96. The molecule has 2 rings (SSSR count). The standard InChI is InChI=1S/C14H25N3O4S/c1-11-14(12(2)21-16-11)22(18,19)15-10-13-4-6-17(7-5-13)8-9-20-3/h13,15H,4-10H2,1-3H3. The average Bonchev–Trinajstić information content (AvgIpc) is 2.84. The van der Waals surface area contributed by atoms with E-state index in [1.54, 1.807) is 21.0 Å². The number of ether oxygens (including phenoxy) is 1. The summed E-state index contributed by atoms with van der Waals surface area (Å²) in [5.74, 6) is 0.702. The first-order chi connectivity index (χ1) is 10.4. The molecule has 0 amide bonds. The highest BCUT2D eigenvalue weighted by Crippen LogP contribution is 2.20. The summed E-state index contributed by atoms with van der Waals surface area (Å²) in [7, 11) is -1.84. The lowest BCUT2D eigenvalue weighted by molar-refractivity contribution is 0.121. The Morgan fingerprint density at radius 3 is 2.59 bits per heavy atom. The van der Waals surface area contributed by atoms with Gasteiger partial charge >= 0.3 is 0 Å². The van der Waals surface area contributed by atoms with Crippen molar-refractivity contribution >= 4 is 10.0 Å². The SMILES string of the molecule is COCCN1CCC(CNS(=O)(=O)c2c(C)noc2C)CC1. The average molecular weight is 331 g/mol. The van der Waals surface area contributed by atoms with Gasteiger partial charge in [-0.3, -0.25) is 0 Å². The van der Waals surface area contributed by atoms with Gasteiger partial charge in [0, 0.05) is 20.2 Å². The minimum absolute atomic E-state index is 0.171. The van der Waals surface area contributed by atoms with Crippen LogP contribution in [0.3, 0.4) is 0 Å². The normalized spacial score (nSPS) is 18.0. The van der Waals surface area contributed by atoms with Gasteiger partial charge in [0.05, 0.1) is 6.61 Å². The molecule has 0 bridgehead atoms. The molecule has 0 aromatic carbocycles. The summed E-state index contributed by atoms with van der Waals surface area (Å²) < 4.78 is 37.4. The minimum Gasteiger partial charge on any atom is -0.383 e. The predicted molar refractivity (Wildman–Crippen MR) is 82.2 cm³/mol. The first kappa shape index (κ1) is 17.4. The van der Waals surface area contributed by atoms with Crippen molar-refractivity contribution in [1.29, 1.82) is 0 Å². The molecule has 7 nitrogen and oxygen atoms in total. The van der Waals surface area contributed by atoms with Crippen molar-refractivity contribution in [3.63, 3.8) is 0 Å². The van der Waals surface area contributed by atoms with E-state index in [1.165, 1.54) is 0 Å². The van der Waals surface area contributed by atoms with Crippen molar-refractivity contribution in [3.8, 4) is 0 Å². The second-order valence-corrected chi connectivity index (χ2v) is 7.49. The van der Waals surface area contributed by atoms with Crippen LogP contribution in [0, 0.1) is 19.8 Å². The molecule has 1 N–H and O–H groups in total. The fraction of sp³-hybridized carbons (Fsp3) is 0.786. The second kappa shape index (κ2) is 7.54. The number of hydrogen-bond donors (Lipinski definition) is 1. The maximum absolute atomic E-state index is 12.3. The van der Waals surface area contributed by atoms with E-state index >= 15 is 0 Å². The molecule has 1 aromatic heterocycles. The van der Waals surface area contributed by atoms with Crippen molar-refractivity contribution in [2.24, 2.45) is 5.92 Å². The molecule has 0 atom stereocenters. The lowest BCUT2D eigenvalue weighted by atomic mass is 9.97. The quantitative estimate of drug-likeness (QED) is 0.800. The molecule has 1 saturated heterocycles. The Morgan fingerprint density at radius 2 is 2.05 bits per heavy atom. The van der Waals surface area contributed by atoms with E-state index in [-0.39, 0.29) is 4.90 Å². The Bertz CT molecular complexity index is 557. The third-order valence-electron chi connectivity index (χ3n) is 4.12. The van der Waals surface area contributed by atoms with E-state index < -0.39 is 10.0 Å². The highest BCUT2D eigenvalue weighted by Gasteiger charge is 2.26. The van der Waals surface area contributed by atoms with Crippen molar-refractivity contribution in [2.75, 3.05) is 39.9 Å². The second-order valence-electron chi connectivity index (χ2n) is 5.78. The van der Waals surface area contributed by atoms with E-state index in [0.29, 0.717) is 23.9 Å². The molecular formula is C14H25N3O4S. The van der Waals surface area contributed by atoms with Crippen molar-refractivity contribution in [1.82, 2.24) is 14.8 Å². The topological polar surface area (TPSA) is 84.7 Å². The lowest BCUT2D eigenvalue weighted by Crippen LogP contribution is -2.39.